The lowest BCUT2D eigenvalue weighted by atomic mass is 9.93. The number of piperazine rings is 1. The predicted octanol–water partition coefficient (Wildman–Crippen LogP) is 2.67. The zero-order valence-electron chi connectivity index (χ0n) is 18.1. The molecule has 168 valence electrons. The Labute approximate surface area is 200 Å². The van der Waals surface area contributed by atoms with E-state index in [-0.39, 0.29) is 24.0 Å². The Kier molecular flexibility index (Phi) is 7.42. The van der Waals surface area contributed by atoms with Crippen LogP contribution in [0.1, 0.15) is 31.5 Å². The Morgan fingerprint density at radius 2 is 2.06 bits per heavy atom. The minimum Gasteiger partial charge on any atom is -0.356 e. The molecule has 1 aliphatic heterocycles. The van der Waals surface area contributed by atoms with Crippen molar-refractivity contribution in [1.29, 1.82) is 0 Å². The maximum Gasteiger partial charge on any atom is 0.276 e. The summed E-state index contributed by atoms with van der Waals surface area (Å²) in [7, 11) is 1.86. The fraction of sp³-hybridized carbons (Fsp3) is 0.636. The topological polar surface area (TPSA) is 82.7 Å². The molecule has 5 rings (SSSR count). The molecule has 2 saturated carbocycles. The number of fused-ring (bicyclic) bond motifs is 2. The number of aliphatic imine (C=N–C) groups is 1. The normalized spacial score (nSPS) is 26.2. The summed E-state index contributed by atoms with van der Waals surface area (Å²) >= 11 is 0. The Hall–Kier alpha value is -1.75. The number of hydrogen-bond donors (Lipinski definition) is 1. The van der Waals surface area contributed by atoms with Crippen LogP contribution in [0.2, 0.25) is 0 Å². The number of aromatic nitrogens is 3. The second-order valence-corrected chi connectivity index (χ2v) is 8.72. The molecule has 8 nitrogen and oxygen atoms in total. The highest BCUT2D eigenvalue weighted by Crippen LogP contribution is 2.46. The fourth-order valence-corrected chi connectivity index (χ4v) is 5.49. The quantitative estimate of drug-likeness (QED) is 0.357. The van der Waals surface area contributed by atoms with Crippen molar-refractivity contribution in [2.24, 2.45) is 16.8 Å². The van der Waals surface area contributed by atoms with Crippen LogP contribution in [0.25, 0.3) is 11.6 Å². The molecule has 3 fully saturated rings. The third-order valence-corrected chi connectivity index (χ3v) is 6.98. The van der Waals surface area contributed by atoms with Crippen molar-refractivity contribution in [2.75, 3.05) is 39.8 Å². The van der Waals surface area contributed by atoms with Crippen molar-refractivity contribution in [3.8, 4) is 11.6 Å². The van der Waals surface area contributed by atoms with Crippen LogP contribution in [0.3, 0.4) is 0 Å². The summed E-state index contributed by atoms with van der Waals surface area (Å²) in [6.45, 7) is 5.10. The van der Waals surface area contributed by atoms with Gasteiger partial charge in [0.05, 0.1) is 0 Å². The molecule has 2 bridgehead atoms. The zero-order valence-corrected chi connectivity index (χ0v) is 20.4. The Morgan fingerprint density at radius 3 is 2.74 bits per heavy atom. The van der Waals surface area contributed by atoms with Crippen molar-refractivity contribution in [3.63, 3.8) is 0 Å². The van der Waals surface area contributed by atoms with Gasteiger partial charge in [0, 0.05) is 58.4 Å². The van der Waals surface area contributed by atoms with E-state index in [0.717, 1.165) is 56.6 Å². The van der Waals surface area contributed by atoms with Crippen molar-refractivity contribution >= 4 is 29.9 Å². The lowest BCUT2D eigenvalue weighted by Gasteiger charge is -2.41. The van der Waals surface area contributed by atoms with Gasteiger partial charge in [0.15, 0.2) is 11.8 Å². The zero-order chi connectivity index (χ0) is 20.3. The molecule has 0 spiro atoms. The van der Waals surface area contributed by atoms with E-state index in [9.17, 15) is 0 Å². The first kappa shape index (κ1) is 22.4. The molecular weight excluding hydrogens is 505 g/mol. The molecule has 9 heteroatoms. The molecule has 3 aliphatic rings. The molecule has 1 saturated heterocycles. The van der Waals surface area contributed by atoms with E-state index in [2.05, 4.69) is 35.2 Å². The Balaban J connectivity index is 0.00000231. The molecule has 2 aromatic heterocycles. The number of guanidine groups is 1. The first-order valence-corrected chi connectivity index (χ1v) is 11.2. The first-order valence-electron chi connectivity index (χ1n) is 11.2. The molecule has 31 heavy (non-hydrogen) atoms. The van der Waals surface area contributed by atoms with Crippen LogP contribution < -0.4 is 5.32 Å². The smallest absolute Gasteiger partial charge is 0.276 e. The first-order chi connectivity index (χ1) is 14.8. The molecule has 2 aliphatic carbocycles. The number of halogens is 1. The Bertz CT molecular complexity index is 866. The van der Waals surface area contributed by atoms with E-state index in [1.807, 2.05) is 25.2 Å². The van der Waals surface area contributed by atoms with Gasteiger partial charge in [0.25, 0.3) is 5.89 Å². The molecule has 0 radical (unpaired) electrons. The average Bonchev–Trinajstić information content (AvgIpc) is 3.55. The van der Waals surface area contributed by atoms with Crippen molar-refractivity contribution < 1.29 is 4.52 Å². The molecule has 3 atom stereocenters. The van der Waals surface area contributed by atoms with E-state index < -0.39 is 0 Å². The van der Waals surface area contributed by atoms with Gasteiger partial charge in [0.2, 0.25) is 0 Å². The summed E-state index contributed by atoms with van der Waals surface area (Å²) in [6, 6.07) is 6.49. The summed E-state index contributed by atoms with van der Waals surface area (Å²) in [5.74, 6) is 4.09. The van der Waals surface area contributed by atoms with Crippen molar-refractivity contribution in [2.45, 2.75) is 38.1 Å². The summed E-state index contributed by atoms with van der Waals surface area (Å²) < 4.78 is 5.33. The van der Waals surface area contributed by atoms with Gasteiger partial charge in [-0.15, -0.1) is 24.0 Å². The van der Waals surface area contributed by atoms with E-state index in [1.165, 1.54) is 25.7 Å². The van der Waals surface area contributed by atoms with Crippen LogP contribution >= 0.6 is 24.0 Å². The van der Waals surface area contributed by atoms with Crippen LogP contribution in [-0.2, 0) is 6.42 Å². The molecule has 3 unspecified atom stereocenters. The van der Waals surface area contributed by atoms with Crippen molar-refractivity contribution in [3.05, 3.63) is 30.2 Å². The highest BCUT2D eigenvalue weighted by atomic mass is 127. The highest BCUT2D eigenvalue weighted by Gasteiger charge is 2.42. The second-order valence-electron chi connectivity index (χ2n) is 8.72. The van der Waals surface area contributed by atoms with Gasteiger partial charge in [-0.3, -0.25) is 14.9 Å². The lowest BCUT2D eigenvalue weighted by Crippen LogP contribution is -2.55. The van der Waals surface area contributed by atoms with Crippen LogP contribution in [0.15, 0.2) is 33.9 Å². The van der Waals surface area contributed by atoms with Crippen molar-refractivity contribution in [1.82, 2.24) is 30.2 Å². The highest BCUT2D eigenvalue weighted by molar-refractivity contribution is 14.0. The van der Waals surface area contributed by atoms with Gasteiger partial charge in [-0.25, -0.2) is 0 Å². The van der Waals surface area contributed by atoms with E-state index in [0.29, 0.717) is 23.8 Å². The third-order valence-electron chi connectivity index (χ3n) is 6.98. The van der Waals surface area contributed by atoms with E-state index >= 15 is 0 Å². The largest absolute Gasteiger partial charge is 0.356 e. The van der Waals surface area contributed by atoms with Gasteiger partial charge in [-0.2, -0.15) is 4.98 Å². The number of hydrogen-bond acceptors (Lipinski definition) is 6. The van der Waals surface area contributed by atoms with E-state index in [4.69, 9.17) is 4.52 Å². The SMILES string of the molecule is CN=C(NCCc1noc(-c2ccccn2)n1)N1CCN(C2CC3CCC2C3)CC1.I. The molecule has 1 N–H and O–H groups in total. The summed E-state index contributed by atoms with van der Waals surface area (Å²) in [4.78, 5) is 18.3. The maximum absolute atomic E-state index is 5.33. The standard InChI is InChI=1S/C22H31N7O.HI/c1-23-22(25-9-7-20-26-21(30-27-20)18-4-2-3-8-24-18)29-12-10-28(11-13-29)19-15-16-5-6-17(19)14-16;/h2-4,8,16-17,19H,5-7,9-15H2,1H3,(H,23,25);1H. The van der Waals surface area contributed by atoms with Gasteiger partial charge in [0.1, 0.15) is 5.69 Å². The lowest BCUT2D eigenvalue weighted by molar-refractivity contribution is 0.0959. The summed E-state index contributed by atoms with van der Waals surface area (Å²) in [5, 5.41) is 7.54. The van der Waals surface area contributed by atoms with Crippen LogP contribution in [0.5, 0.6) is 0 Å². The van der Waals surface area contributed by atoms with Gasteiger partial charge < -0.3 is 14.7 Å². The molecule has 3 heterocycles. The Morgan fingerprint density at radius 1 is 1.19 bits per heavy atom. The van der Waals surface area contributed by atoms with Crippen LogP contribution in [-0.4, -0.2) is 76.7 Å². The predicted molar refractivity (Wildman–Crippen MR) is 130 cm³/mol. The van der Waals surface area contributed by atoms with Gasteiger partial charge in [-0.1, -0.05) is 17.6 Å². The van der Waals surface area contributed by atoms with Gasteiger partial charge >= 0.3 is 0 Å². The third kappa shape index (κ3) is 5.02. The minimum absolute atomic E-state index is 0. The number of rotatable bonds is 5. The summed E-state index contributed by atoms with van der Waals surface area (Å²) in [5.41, 5.74) is 0.702. The number of nitrogens with one attached hydrogen (secondary N) is 1. The maximum atomic E-state index is 5.33. The molecule has 2 aromatic rings. The monoisotopic (exact) mass is 537 g/mol. The van der Waals surface area contributed by atoms with Crippen LogP contribution in [0, 0.1) is 11.8 Å². The molecule has 0 aromatic carbocycles. The number of pyridine rings is 1. The van der Waals surface area contributed by atoms with Gasteiger partial charge in [-0.05, 0) is 43.2 Å². The van der Waals surface area contributed by atoms with E-state index in [1.54, 1.807) is 6.20 Å². The fourth-order valence-electron chi connectivity index (χ4n) is 5.49. The number of nitrogens with zero attached hydrogens (tertiary/aromatic N) is 6. The average molecular weight is 537 g/mol. The second kappa shape index (κ2) is 10.2. The van der Waals surface area contributed by atoms with Crippen LogP contribution in [0.4, 0.5) is 0 Å². The minimum atomic E-state index is 0. The molecular formula is C22H32IN7O. The summed E-state index contributed by atoms with van der Waals surface area (Å²) in [6.07, 6.45) is 8.25. The molecule has 0 amide bonds.